The van der Waals surface area contributed by atoms with Crippen LogP contribution in [0.15, 0.2) is 5.38 Å². The Bertz CT molecular complexity index is 605. The normalized spacial score (nSPS) is 12.0. The molecule has 4 nitrogen and oxygen atoms in total. The largest absolute Gasteiger partial charge is 0.396 e. The molecule has 2 N–H and O–H groups in total. The summed E-state index contributed by atoms with van der Waals surface area (Å²) in [4.78, 5) is 10.1. The maximum absolute atomic E-state index is 9.34. The monoisotopic (exact) mass is 307 g/mol. The molecule has 0 saturated carbocycles. The molecule has 2 rings (SSSR count). The van der Waals surface area contributed by atoms with Gasteiger partial charge in [0.05, 0.1) is 5.39 Å². The van der Waals surface area contributed by atoms with Gasteiger partial charge in [-0.1, -0.05) is 13.8 Å². The van der Waals surface area contributed by atoms with Crippen LogP contribution >= 0.6 is 11.3 Å². The Hall–Kier alpha value is -1.20. The molecule has 0 saturated heterocycles. The Labute approximate surface area is 130 Å². The van der Waals surface area contributed by atoms with E-state index in [1.54, 1.807) is 11.3 Å². The Morgan fingerprint density at radius 1 is 1.24 bits per heavy atom. The fraction of sp³-hybridized carbons (Fsp3) is 0.625. The molecule has 0 atom stereocenters. The third-order valence-electron chi connectivity index (χ3n) is 4.50. The first-order chi connectivity index (χ1) is 10.0. The number of hydrogen-bond donors (Lipinski definition) is 2. The molecule has 0 aliphatic rings. The number of thiophene rings is 1. The molecule has 0 aromatic carbocycles. The van der Waals surface area contributed by atoms with Crippen LogP contribution in [0, 0.1) is 19.3 Å². The topological polar surface area (TPSA) is 58.0 Å². The maximum atomic E-state index is 9.34. The summed E-state index contributed by atoms with van der Waals surface area (Å²) in [6.45, 7) is 9.49. The van der Waals surface area contributed by atoms with Crippen LogP contribution < -0.4 is 5.32 Å². The Kier molecular flexibility index (Phi) is 5.17. The van der Waals surface area contributed by atoms with Crippen LogP contribution in [0.25, 0.3) is 10.2 Å². The van der Waals surface area contributed by atoms with Crippen LogP contribution in [0.2, 0.25) is 0 Å². The molecule has 0 amide bonds. The van der Waals surface area contributed by atoms with Gasteiger partial charge in [0, 0.05) is 13.2 Å². The van der Waals surface area contributed by atoms with Crippen LogP contribution in [0.5, 0.6) is 0 Å². The first-order valence-corrected chi connectivity index (χ1v) is 8.50. The summed E-state index contributed by atoms with van der Waals surface area (Å²) < 4.78 is 0. The molecule has 0 fully saturated rings. The van der Waals surface area contributed by atoms with Gasteiger partial charge in [0.15, 0.2) is 0 Å². The number of aliphatic hydroxyl groups is 1. The zero-order valence-electron chi connectivity index (χ0n) is 13.4. The molecule has 116 valence electrons. The molecule has 0 spiro atoms. The van der Waals surface area contributed by atoms with Gasteiger partial charge in [-0.3, -0.25) is 0 Å². The summed E-state index contributed by atoms with van der Waals surface area (Å²) in [6, 6.07) is 0. The molecule has 0 aliphatic heterocycles. The van der Waals surface area contributed by atoms with Gasteiger partial charge in [0.2, 0.25) is 0 Å². The molecule has 21 heavy (non-hydrogen) atoms. The molecule has 0 aliphatic carbocycles. The van der Waals surface area contributed by atoms with Crippen LogP contribution in [-0.4, -0.2) is 28.2 Å². The smallest absolute Gasteiger partial charge is 0.138 e. The number of rotatable bonds is 7. The van der Waals surface area contributed by atoms with Crippen molar-refractivity contribution >= 4 is 27.4 Å². The Morgan fingerprint density at radius 3 is 2.57 bits per heavy atom. The van der Waals surface area contributed by atoms with Crippen molar-refractivity contribution in [2.75, 3.05) is 18.5 Å². The fourth-order valence-electron chi connectivity index (χ4n) is 2.77. The van der Waals surface area contributed by atoms with Crippen molar-refractivity contribution in [3.8, 4) is 0 Å². The van der Waals surface area contributed by atoms with Crippen LogP contribution in [-0.2, 0) is 0 Å². The van der Waals surface area contributed by atoms with E-state index in [1.165, 1.54) is 5.56 Å². The quantitative estimate of drug-likeness (QED) is 0.814. The van der Waals surface area contributed by atoms with Gasteiger partial charge in [0.25, 0.3) is 0 Å². The first kappa shape index (κ1) is 16.2. The molecule has 2 heterocycles. The van der Waals surface area contributed by atoms with Gasteiger partial charge in [-0.25, -0.2) is 9.97 Å². The van der Waals surface area contributed by atoms with Crippen LogP contribution in [0.1, 0.15) is 44.5 Å². The minimum Gasteiger partial charge on any atom is -0.396 e. The summed E-state index contributed by atoms with van der Waals surface area (Å²) in [5.74, 6) is 1.73. The standard InChI is InChI=1S/C16H25N3OS/c1-5-16(6-2,7-8-20)10-17-14-13-11(3)9-21-15(13)19-12(4)18-14/h9,20H,5-8,10H2,1-4H3,(H,17,18,19). The Morgan fingerprint density at radius 2 is 1.95 bits per heavy atom. The second kappa shape index (κ2) is 6.71. The third-order valence-corrected chi connectivity index (χ3v) is 5.49. The molecular formula is C16H25N3OS. The number of aromatic nitrogens is 2. The van der Waals surface area contributed by atoms with Crippen molar-refractivity contribution in [2.45, 2.75) is 47.0 Å². The van der Waals surface area contributed by atoms with E-state index in [9.17, 15) is 5.11 Å². The van der Waals surface area contributed by atoms with E-state index in [0.717, 1.165) is 47.7 Å². The first-order valence-electron chi connectivity index (χ1n) is 7.62. The minimum atomic E-state index is 0.129. The van der Waals surface area contributed by atoms with E-state index in [0.29, 0.717) is 0 Å². The zero-order chi connectivity index (χ0) is 15.5. The lowest BCUT2D eigenvalue weighted by molar-refractivity contribution is 0.179. The van der Waals surface area contributed by atoms with Gasteiger partial charge in [-0.2, -0.15) is 0 Å². The predicted molar refractivity (Wildman–Crippen MR) is 90.1 cm³/mol. The number of fused-ring (bicyclic) bond motifs is 1. The van der Waals surface area contributed by atoms with E-state index < -0.39 is 0 Å². The highest BCUT2D eigenvalue weighted by Crippen LogP contribution is 2.33. The number of aliphatic hydroxyl groups excluding tert-OH is 1. The molecule has 0 bridgehead atoms. The van der Waals surface area contributed by atoms with Crippen molar-refractivity contribution in [2.24, 2.45) is 5.41 Å². The lowest BCUT2D eigenvalue weighted by atomic mass is 9.79. The van der Waals surface area contributed by atoms with E-state index in [-0.39, 0.29) is 12.0 Å². The van der Waals surface area contributed by atoms with E-state index in [1.807, 2.05) is 6.92 Å². The number of nitrogens with one attached hydrogen (secondary N) is 1. The van der Waals surface area contributed by atoms with Gasteiger partial charge in [0.1, 0.15) is 16.5 Å². The number of aryl methyl sites for hydroxylation is 2. The summed E-state index contributed by atoms with van der Waals surface area (Å²) in [5, 5.41) is 16.1. The van der Waals surface area contributed by atoms with Crippen molar-refractivity contribution in [1.29, 1.82) is 0 Å². The number of nitrogens with zero attached hydrogens (tertiary/aromatic N) is 2. The molecule has 2 aromatic heterocycles. The minimum absolute atomic E-state index is 0.129. The van der Waals surface area contributed by atoms with Crippen molar-refractivity contribution in [3.63, 3.8) is 0 Å². The predicted octanol–water partition coefficient (Wildman–Crippen LogP) is 3.91. The van der Waals surface area contributed by atoms with Gasteiger partial charge in [-0.05, 0) is 49.5 Å². The highest BCUT2D eigenvalue weighted by atomic mass is 32.1. The van der Waals surface area contributed by atoms with Gasteiger partial charge in [-0.15, -0.1) is 11.3 Å². The molecule has 0 unspecified atom stereocenters. The SMILES string of the molecule is CCC(CC)(CCO)CNc1nc(C)nc2scc(C)c12. The average Bonchev–Trinajstić information content (AvgIpc) is 2.84. The van der Waals surface area contributed by atoms with Crippen LogP contribution in [0.3, 0.4) is 0 Å². The van der Waals surface area contributed by atoms with Gasteiger partial charge < -0.3 is 10.4 Å². The summed E-state index contributed by atoms with van der Waals surface area (Å²) >= 11 is 1.67. The molecule has 5 heteroatoms. The highest BCUT2D eigenvalue weighted by molar-refractivity contribution is 7.17. The second-order valence-electron chi connectivity index (χ2n) is 5.75. The van der Waals surface area contributed by atoms with Crippen molar-refractivity contribution in [3.05, 3.63) is 16.8 Å². The van der Waals surface area contributed by atoms with E-state index in [4.69, 9.17) is 0 Å². The third kappa shape index (κ3) is 3.35. The lowest BCUT2D eigenvalue weighted by Crippen LogP contribution is -2.30. The highest BCUT2D eigenvalue weighted by Gasteiger charge is 2.26. The summed E-state index contributed by atoms with van der Waals surface area (Å²) in [7, 11) is 0. The van der Waals surface area contributed by atoms with Gasteiger partial charge >= 0.3 is 0 Å². The Balaban J connectivity index is 2.29. The van der Waals surface area contributed by atoms with Crippen molar-refractivity contribution < 1.29 is 5.11 Å². The maximum Gasteiger partial charge on any atom is 0.138 e. The second-order valence-corrected chi connectivity index (χ2v) is 6.61. The molecule has 2 aromatic rings. The van der Waals surface area contributed by atoms with Crippen molar-refractivity contribution in [1.82, 2.24) is 9.97 Å². The lowest BCUT2D eigenvalue weighted by Gasteiger charge is -2.31. The number of anilines is 1. The summed E-state index contributed by atoms with van der Waals surface area (Å²) in [5.41, 5.74) is 1.35. The number of hydrogen-bond acceptors (Lipinski definition) is 5. The average molecular weight is 307 g/mol. The van der Waals surface area contributed by atoms with Crippen LogP contribution in [0.4, 0.5) is 5.82 Å². The zero-order valence-corrected chi connectivity index (χ0v) is 14.2. The van der Waals surface area contributed by atoms with E-state index >= 15 is 0 Å². The summed E-state index contributed by atoms with van der Waals surface area (Å²) in [6.07, 6.45) is 2.92. The molecular weight excluding hydrogens is 282 g/mol. The van der Waals surface area contributed by atoms with E-state index in [2.05, 4.69) is 41.4 Å². The molecule has 0 radical (unpaired) electrons. The fourth-order valence-corrected chi connectivity index (χ4v) is 3.74.